The average molecular weight is 183 g/mol. The van der Waals surface area contributed by atoms with Gasteiger partial charge < -0.3 is 10.1 Å². The van der Waals surface area contributed by atoms with Gasteiger partial charge in [0.15, 0.2) is 0 Å². The number of hydrogen-bond donors (Lipinski definition) is 1. The van der Waals surface area contributed by atoms with Gasteiger partial charge in [0.1, 0.15) is 0 Å². The zero-order valence-electron chi connectivity index (χ0n) is 7.97. The second kappa shape index (κ2) is 3.66. The van der Waals surface area contributed by atoms with Gasteiger partial charge in [0.2, 0.25) is 5.91 Å². The SMILES string of the molecule is O=C1CCC2(CCCOCC2)CN1. The van der Waals surface area contributed by atoms with Crippen molar-refractivity contribution in [2.45, 2.75) is 32.1 Å². The molecule has 1 atom stereocenters. The molecule has 3 nitrogen and oxygen atoms in total. The van der Waals surface area contributed by atoms with Crippen LogP contribution in [0, 0.1) is 5.41 Å². The van der Waals surface area contributed by atoms with Crippen molar-refractivity contribution in [2.24, 2.45) is 5.41 Å². The summed E-state index contributed by atoms with van der Waals surface area (Å²) < 4.78 is 5.44. The summed E-state index contributed by atoms with van der Waals surface area (Å²) in [7, 11) is 0. The Morgan fingerprint density at radius 1 is 1.23 bits per heavy atom. The first-order valence-electron chi connectivity index (χ1n) is 5.15. The second-order valence-electron chi connectivity index (χ2n) is 4.24. The fourth-order valence-corrected chi connectivity index (χ4v) is 2.33. The predicted molar refractivity (Wildman–Crippen MR) is 49.3 cm³/mol. The Bertz CT molecular complexity index is 183. The third-order valence-electron chi connectivity index (χ3n) is 3.32. The summed E-state index contributed by atoms with van der Waals surface area (Å²) in [6.45, 7) is 2.64. The zero-order chi connectivity index (χ0) is 9.15. The molecule has 13 heavy (non-hydrogen) atoms. The molecule has 1 unspecified atom stereocenters. The fraction of sp³-hybridized carbons (Fsp3) is 0.900. The molecule has 2 rings (SSSR count). The van der Waals surface area contributed by atoms with Crippen molar-refractivity contribution in [3.8, 4) is 0 Å². The highest BCUT2D eigenvalue weighted by Gasteiger charge is 2.34. The van der Waals surface area contributed by atoms with Crippen molar-refractivity contribution in [1.29, 1.82) is 0 Å². The first-order valence-corrected chi connectivity index (χ1v) is 5.15. The Morgan fingerprint density at radius 2 is 2.15 bits per heavy atom. The second-order valence-corrected chi connectivity index (χ2v) is 4.24. The van der Waals surface area contributed by atoms with E-state index < -0.39 is 0 Å². The lowest BCUT2D eigenvalue weighted by Crippen LogP contribution is -2.43. The van der Waals surface area contributed by atoms with Gasteiger partial charge >= 0.3 is 0 Å². The van der Waals surface area contributed by atoms with Crippen molar-refractivity contribution >= 4 is 5.91 Å². The third kappa shape index (κ3) is 2.02. The van der Waals surface area contributed by atoms with Gasteiger partial charge in [-0.25, -0.2) is 0 Å². The van der Waals surface area contributed by atoms with Crippen LogP contribution in [-0.2, 0) is 9.53 Å². The van der Waals surface area contributed by atoms with Gasteiger partial charge in [-0.05, 0) is 31.1 Å². The number of amides is 1. The van der Waals surface area contributed by atoms with Crippen molar-refractivity contribution in [3.05, 3.63) is 0 Å². The van der Waals surface area contributed by atoms with E-state index in [9.17, 15) is 4.79 Å². The van der Waals surface area contributed by atoms with E-state index in [1.807, 2.05) is 0 Å². The summed E-state index contributed by atoms with van der Waals surface area (Å²) in [5.41, 5.74) is 0.365. The minimum Gasteiger partial charge on any atom is -0.381 e. The maximum atomic E-state index is 11.0. The van der Waals surface area contributed by atoms with Crippen LogP contribution in [0.25, 0.3) is 0 Å². The molecule has 0 bridgehead atoms. The van der Waals surface area contributed by atoms with Crippen LogP contribution in [-0.4, -0.2) is 25.7 Å². The highest BCUT2D eigenvalue weighted by molar-refractivity contribution is 5.76. The molecule has 0 aromatic heterocycles. The highest BCUT2D eigenvalue weighted by atomic mass is 16.5. The lowest BCUT2D eigenvalue weighted by atomic mass is 9.75. The van der Waals surface area contributed by atoms with Crippen LogP contribution in [0.4, 0.5) is 0 Å². The van der Waals surface area contributed by atoms with Crippen LogP contribution in [0.5, 0.6) is 0 Å². The highest BCUT2D eigenvalue weighted by Crippen LogP contribution is 2.36. The Kier molecular flexibility index (Phi) is 2.54. The maximum Gasteiger partial charge on any atom is 0.220 e. The number of piperidine rings is 1. The van der Waals surface area contributed by atoms with Crippen LogP contribution >= 0.6 is 0 Å². The molecule has 0 aromatic carbocycles. The van der Waals surface area contributed by atoms with Crippen molar-refractivity contribution in [2.75, 3.05) is 19.8 Å². The molecule has 0 aliphatic carbocycles. The van der Waals surface area contributed by atoms with Crippen LogP contribution in [0.1, 0.15) is 32.1 Å². The lowest BCUT2D eigenvalue weighted by molar-refractivity contribution is -0.124. The standard InChI is InChI=1S/C10H17NO2/c12-9-2-4-10(8-11-9)3-1-6-13-7-5-10/h1-8H2,(H,11,12). The van der Waals surface area contributed by atoms with Crippen LogP contribution in [0.2, 0.25) is 0 Å². The number of rotatable bonds is 0. The van der Waals surface area contributed by atoms with E-state index in [2.05, 4.69) is 5.32 Å². The molecule has 2 heterocycles. The van der Waals surface area contributed by atoms with E-state index in [1.165, 1.54) is 6.42 Å². The maximum absolute atomic E-state index is 11.0. The smallest absolute Gasteiger partial charge is 0.220 e. The van der Waals surface area contributed by atoms with Crippen molar-refractivity contribution in [3.63, 3.8) is 0 Å². The van der Waals surface area contributed by atoms with E-state index in [0.29, 0.717) is 11.8 Å². The van der Waals surface area contributed by atoms with Crippen molar-refractivity contribution < 1.29 is 9.53 Å². The van der Waals surface area contributed by atoms with Crippen molar-refractivity contribution in [1.82, 2.24) is 5.32 Å². The monoisotopic (exact) mass is 183 g/mol. The first kappa shape index (κ1) is 9.00. The Balaban J connectivity index is 1.97. The molecule has 1 N–H and O–H groups in total. The van der Waals surface area contributed by atoms with Crippen LogP contribution in [0.3, 0.4) is 0 Å². The quantitative estimate of drug-likeness (QED) is 0.610. The summed E-state index contributed by atoms with van der Waals surface area (Å²) in [6, 6.07) is 0. The van der Waals surface area contributed by atoms with Gasteiger partial charge in [-0.1, -0.05) is 0 Å². The molecule has 2 fully saturated rings. The number of nitrogens with one attached hydrogen (secondary N) is 1. The third-order valence-corrected chi connectivity index (χ3v) is 3.32. The summed E-state index contributed by atoms with van der Waals surface area (Å²) >= 11 is 0. The predicted octanol–water partition coefficient (Wildman–Crippen LogP) is 1.08. The summed E-state index contributed by atoms with van der Waals surface area (Å²) in [5, 5.41) is 2.98. The van der Waals surface area contributed by atoms with Gasteiger partial charge in [0, 0.05) is 26.2 Å². The minimum atomic E-state index is 0.218. The molecule has 74 valence electrons. The first-order chi connectivity index (χ1) is 6.31. The Morgan fingerprint density at radius 3 is 2.92 bits per heavy atom. The summed E-state index contributed by atoms with van der Waals surface area (Å²) in [6.07, 6.45) is 5.25. The molecule has 2 saturated heterocycles. The normalized spacial score (nSPS) is 35.5. The lowest BCUT2D eigenvalue weighted by Gasteiger charge is -2.36. The van der Waals surface area contributed by atoms with E-state index in [1.54, 1.807) is 0 Å². The van der Waals surface area contributed by atoms with Gasteiger partial charge in [0.25, 0.3) is 0 Å². The molecule has 1 spiro atoms. The number of hydrogen-bond acceptors (Lipinski definition) is 2. The van der Waals surface area contributed by atoms with Gasteiger partial charge in [-0.3, -0.25) is 4.79 Å². The largest absolute Gasteiger partial charge is 0.381 e. The zero-order valence-corrected chi connectivity index (χ0v) is 7.97. The summed E-state index contributed by atoms with van der Waals surface area (Å²) in [5.74, 6) is 0.218. The molecule has 3 heteroatoms. The molecule has 2 aliphatic heterocycles. The number of carbonyl (C=O) groups excluding carboxylic acids is 1. The molecule has 0 aromatic rings. The minimum absolute atomic E-state index is 0.218. The molecule has 1 amide bonds. The Hall–Kier alpha value is -0.570. The molecule has 0 saturated carbocycles. The van der Waals surface area contributed by atoms with Gasteiger partial charge in [0.05, 0.1) is 0 Å². The average Bonchev–Trinajstić information content (AvgIpc) is 2.37. The molecular formula is C10H17NO2. The van der Waals surface area contributed by atoms with E-state index in [-0.39, 0.29) is 5.91 Å². The molecule has 0 radical (unpaired) electrons. The Labute approximate surface area is 78.8 Å². The number of ether oxygens (including phenoxy) is 1. The van der Waals surface area contributed by atoms with Crippen LogP contribution < -0.4 is 5.32 Å². The molecular weight excluding hydrogens is 166 g/mol. The number of carbonyl (C=O) groups is 1. The van der Waals surface area contributed by atoms with Gasteiger partial charge in [-0.2, -0.15) is 0 Å². The molecule has 2 aliphatic rings. The fourth-order valence-electron chi connectivity index (χ4n) is 2.33. The van der Waals surface area contributed by atoms with Gasteiger partial charge in [-0.15, -0.1) is 0 Å². The topological polar surface area (TPSA) is 38.3 Å². The van der Waals surface area contributed by atoms with Crippen LogP contribution in [0.15, 0.2) is 0 Å². The summed E-state index contributed by atoms with van der Waals surface area (Å²) in [4.78, 5) is 11.0. The van der Waals surface area contributed by atoms with E-state index in [0.717, 1.165) is 39.0 Å². The van der Waals surface area contributed by atoms with E-state index >= 15 is 0 Å². The van der Waals surface area contributed by atoms with E-state index in [4.69, 9.17) is 4.74 Å².